The molecule has 1 heterocycles. The molecule has 4 nitrogen and oxygen atoms in total. The number of carbonyl (C=O) groups is 2. The summed E-state index contributed by atoms with van der Waals surface area (Å²) in [6.07, 6.45) is -0.116. The Morgan fingerprint density at radius 1 is 0.938 bits per heavy atom. The van der Waals surface area contributed by atoms with Gasteiger partial charge in [-0.3, -0.25) is 9.59 Å². The molecule has 0 aromatic heterocycles. The third-order valence-electron chi connectivity index (χ3n) is 5.59. The van der Waals surface area contributed by atoms with Crippen molar-refractivity contribution in [2.75, 3.05) is 0 Å². The summed E-state index contributed by atoms with van der Waals surface area (Å²) in [5.74, 6) is -2.52. The largest absolute Gasteiger partial charge is 0.381 e. The number of hydrogen-bond acceptors (Lipinski definition) is 4. The Morgan fingerprint density at radius 3 is 2.12 bits per heavy atom. The minimum absolute atomic E-state index is 0.116. The molecule has 4 rings (SSSR count). The molecule has 0 amide bonds. The first-order chi connectivity index (χ1) is 15.2. The fourth-order valence-corrected chi connectivity index (χ4v) is 3.74. The molecule has 0 aliphatic carbocycles. The van der Waals surface area contributed by atoms with Crippen LogP contribution in [0.2, 0.25) is 0 Å². The van der Waals surface area contributed by atoms with Crippen molar-refractivity contribution in [1.29, 1.82) is 0 Å². The van der Waals surface area contributed by atoms with Crippen LogP contribution < -0.4 is 0 Å². The van der Waals surface area contributed by atoms with Crippen LogP contribution in [-0.2, 0) is 16.1 Å². The number of benzene rings is 3. The summed E-state index contributed by atoms with van der Waals surface area (Å²) in [5.41, 5.74) is 2.79. The van der Waals surface area contributed by atoms with Crippen molar-refractivity contribution in [3.8, 4) is 11.1 Å². The average molecular weight is 433 g/mol. The lowest BCUT2D eigenvalue weighted by Crippen LogP contribution is -2.33. The van der Waals surface area contributed by atoms with Crippen LogP contribution in [0.5, 0.6) is 0 Å². The number of hydrogen-bond donors (Lipinski definition) is 0. The van der Waals surface area contributed by atoms with E-state index in [0.29, 0.717) is 16.8 Å². The Kier molecular flexibility index (Phi) is 5.46. The first-order valence-electron chi connectivity index (χ1n) is 10.2. The SMILES string of the molecule is Cc1c(C2=NOC(C)(C)C2=O)cccc1-c1ccc(CC(=O)c2c(F)cccc2F)cc1. The Hall–Kier alpha value is -3.67. The predicted octanol–water partition coefficient (Wildman–Crippen LogP) is 5.45. The molecule has 3 aromatic carbocycles. The topological polar surface area (TPSA) is 55.7 Å². The molecule has 3 aromatic rings. The van der Waals surface area contributed by atoms with E-state index in [2.05, 4.69) is 5.16 Å². The molecule has 32 heavy (non-hydrogen) atoms. The Balaban J connectivity index is 1.59. The highest BCUT2D eigenvalue weighted by Gasteiger charge is 2.40. The second kappa shape index (κ2) is 8.11. The van der Waals surface area contributed by atoms with Gasteiger partial charge < -0.3 is 4.84 Å². The lowest BCUT2D eigenvalue weighted by atomic mass is 9.89. The number of carbonyl (C=O) groups excluding carboxylic acids is 2. The fraction of sp³-hybridized carbons (Fsp3) is 0.192. The molecule has 0 radical (unpaired) electrons. The van der Waals surface area contributed by atoms with Gasteiger partial charge in [0.2, 0.25) is 5.78 Å². The molecular weight excluding hydrogens is 412 g/mol. The zero-order valence-electron chi connectivity index (χ0n) is 17.9. The number of rotatable bonds is 5. The van der Waals surface area contributed by atoms with Crippen LogP contribution in [0.3, 0.4) is 0 Å². The molecule has 1 aliphatic heterocycles. The van der Waals surface area contributed by atoms with Crippen LogP contribution in [0.25, 0.3) is 11.1 Å². The third-order valence-corrected chi connectivity index (χ3v) is 5.59. The summed E-state index contributed by atoms with van der Waals surface area (Å²) in [6, 6.07) is 16.2. The van der Waals surface area contributed by atoms with Gasteiger partial charge in [0.25, 0.3) is 0 Å². The van der Waals surface area contributed by atoms with Gasteiger partial charge in [0.15, 0.2) is 17.1 Å². The smallest absolute Gasteiger partial charge is 0.230 e. The molecule has 0 N–H and O–H groups in total. The third kappa shape index (κ3) is 3.84. The minimum atomic E-state index is -0.982. The van der Waals surface area contributed by atoms with Gasteiger partial charge in [0.05, 0.1) is 5.56 Å². The van der Waals surface area contributed by atoms with Crippen LogP contribution in [0.1, 0.15) is 40.9 Å². The lowest BCUT2D eigenvalue weighted by molar-refractivity contribution is -0.128. The number of nitrogens with zero attached hydrogens (tertiary/aromatic N) is 1. The summed E-state index contributed by atoms with van der Waals surface area (Å²) in [7, 11) is 0. The minimum Gasteiger partial charge on any atom is -0.381 e. The van der Waals surface area contributed by atoms with E-state index in [-0.39, 0.29) is 12.2 Å². The molecule has 0 saturated heterocycles. The zero-order chi connectivity index (χ0) is 23.0. The molecule has 0 fully saturated rings. The van der Waals surface area contributed by atoms with Gasteiger partial charge in [0.1, 0.15) is 11.6 Å². The Bertz CT molecular complexity index is 1240. The Labute approximate surface area is 184 Å². The van der Waals surface area contributed by atoms with Crippen molar-refractivity contribution in [3.05, 3.63) is 94.6 Å². The van der Waals surface area contributed by atoms with Crippen LogP contribution in [0.4, 0.5) is 8.78 Å². The number of Topliss-reactive ketones (excluding diaryl/α,β-unsaturated/α-hetero) is 2. The fourth-order valence-electron chi connectivity index (χ4n) is 3.74. The van der Waals surface area contributed by atoms with Crippen LogP contribution in [0.15, 0.2) is 65.8 Å². The van der Waals surface area contributed by atoms with Crippen molar-refractivity contribution in [2.24, 2.45) is 5.16 Å². The summed E-state index contributed by atoms with van der Waals surface area (Å²) in [5, 5.41) is 3.99. The van der Waals surface area contributed by atoms with E-state index in [1.54, 1.807) is 26.0 Å². The van der Waals surface area contributed by atoms with Gasteiger partial charge in [0, 0.05) is 12.0 Å². The van der Waals surface area contributed by atoms with Crippen molar-refractivity contribution >= 4 is 17.3 Å². The van der Waals surface area contributed by atoms with Gasteiger partial charge in [-0.05, 0) is 55.2 Å². The second-order valence-corrected chi connectivity index (χ2v) is 8.24. The van der Waals surface area contributed by atoms with Gasteiger partial charge in [-0.15, -0.1) is 0 Å². The van der Waals surface area contributed by atoms with Crippen molar-refractivity contribution in [2.45, 2.75) is 32.8 Å². The maximum absolute atomic E-state index is 13.9. The van der Waals surface area contributed by atoms with Gasteiger partial charge >= 0.3 is 0 Å². The molecule has 162 valence electrons. The number of halogens is 2. The summed E-state index contributed by atoms with van der Waals surface area (Å²) in [4.78, 5) is 30.3. The predicted molar refractivity (Wildman–Crippen MR) is 118 cm³/mol. The monoisotopic (exact) mass is 433 g/mol. The van der Waals surface area contributed by atoms with Gasteiger partial charge in [-0.1, -0.05) is 53.7 Å². The van der Waals surface area contributed by atoms with Crippen molar-refractivity contribution in [3.63, 3.8) is 0 Å². The Morgan fingerprint density at radius 2 is 1.53 bits per heavy atom. The molecule has 0 spiro atoms. The number of ketones is 2. The van der Waals surface area contributed by atoms with E-state index in [1.165, 1.54) is 6.07 Å². The molecule has 0 unspecified atom stereocenters. The second-order valence-electron chi connectivity index (χ2n) is 8.24. The normalized spacial score (nSPS) is 14.8. The molecule has 0 saturated carbocycles. The summed E-state index contributed by atoms with van der Waals surface area (Å²) < 4.78 is 27.7. The highest BCUT2D eigenvalue weighted by Crippen LogP contribution is 2.30. The average Bonchev–Trinajstić information content (AvgIpc) is 3.01. The van der Waals surface area contributed by atoms with Crippen molar-refractivity contribution < 1.29 is 23.2 Å². The van der Waals surface area contributed by atoms with E-state index in [0.717, 1.165) is 28.8 Å². The van der Waals surface area contributed by atoms with E-state index in [1.807, 2.05) is 37.3 Å². The van der Waals surface area contributed by atoms with E-state index in [9.17, 15) is 18.4 Å². The first-order valence-corrected chi connectivity index (χ1v) is 10.2. The quantitative estimate of drug-likeness (QED) is 0.503. The zero-order valence-corrected chi connectivity index (χ0v) is 17.9. The summed E-state index contributed by atoms with van der Waals surface area (Å²) in [6.45, 7) is 5.26. The van der Waals surface area contributed by atoms with E-state index < -0.39 is 28.6 Å². The van der Waals surface area contributed by atoms with Gasteiger partial charge in [-0.2, -0.15) is 0 Å². The highest BCUT2D eigenvalue weighted by molar-refractivity contribution is 6.49. The molecule has 1 aliphatic rings. The standard InChI is InChI=1S/C26H21F2NO3/c1-15-18(6-4-7-19(15)24-25(31)26(2,3)32-29-24)17-12-10-16(11-13-17)14-22(30)23-20(27)8-5-9-21(23)28/h4-13H,14H2,1-3H3. The molecule has 6 heteroatoms. The van der Waals surface area contributed by atoms with Crippen LogP contribution in [0, 0.1) is 18.6 Å². The highest BCUT2D eigenvalue weighted by atomic mass is 19.1. The van der Waals surface area contributed by atoms with E-state index >= 15 is 0 Å². The molecular formula is C26H21F2NO3. The first kappa shape index (κ1) is 21.6. The molecule has 0 bridgehead atoms. The van der Waals surface area contributed by atoms with Crippen LogP contribution in [-0.4, -0.2) is 22.9 Å². The number of oxime groups is 1. The lowest BCUT2D eigenvalue weighted by Gasteiger charge is -2.13. The maximum atomic E-state index is 13.9. The maximum Gasteiger partial charge on any atom is 0.230 e. The van der Waals surface area contributed by atoms with Crippen molar-refractivity contribution in [1.82, 2.24) is 0 Å². The van der Waals surface area contributed by atoms with Gasteiger partial charge in [-0.25, -0.2) is 8.78 Å². The van der Waals surface area contributed by atoms with Crippen LogP contribution >= 0.6 is 0 Å². The molecule has 0 atom stereocenters. The van der Waals surface area contributed by atoms with E-state index in [4.69, 9.17) is 4.84 Å². The summed E-state index contributed by atoms with van der Waals surface area (Å²) >= 11 is 0.